The van der Waals surface area contributed by atoms with Crippen LogP contribution >= 0.6 is 11.3 Å². The van der Waals surface area contributed by atoms with Crippen molar-refractivity contribution in [1.29, 1.82) is 0 Å². The Labute approximate surface area is 419 Å². The first kappa shape index (κ1) is 48.4. The number of nitrogens with one attached hydrogen (secondary N) is 3. The molecular formula is C53H66N12O5S. The number of amides is 3. The van der Waals surface area contributed by atoms with Crippen LogP contribution in [0, 0.1) is 18.3 Å². The van der Waals surface area contributed by atoms with Crippen molar-refractivity contribution in [3.8, 4) is 27.4 Å². The number of rotatable bonds is 11. The van der Waals surface area contributed by atoms with E-state index in [1.165, 1.54) is 4.90 Å². The number of carbonyl (C=O) groups excluding carboxylic acids is 3. The van der Waals surface area contributed by atoms with E-state index in [4.69, 9.17) is 9.97 Å². The number of phenols is 1. The average Bonchev–Trinajstić information content (AvgIpc) is 4.01. The predicted molar refractivity (Wildman–Crippen MR) is 274 cm³/mol. The zero-order valence-corrected chi connectivity index (χ0v) is 41.9. The number of hydrogen-bond donors (Lipinski definition) is 5. The summed E-state index contributed by atoms with van der Waals surface area (Å²) in [5.74, 6) is 1.06. The van der Waals surface area contributed by atoms with Crippen molar-refractivity contribution in [1.82, 2.24) is 45.6 Å². The lowest BCUT2D eigenvalue weighted by atomic mass is 9.81. The number of phenolic OH excluding ortho intramolecular Hbond substituents is 1. The number of nitrogens with zero attached hydrogens (tertiary/aromatic N) is 9. The quantitative estimate of drug-likeness (QED) is 0.107. The molecule has 2 aromatic carbocycles. The van der Waals surface area contributed by atoms with E-state index in [-0.39, 0.29) is 54.9 Å². The van der Waals surface area contributed by atoms with Gasteiger partial charge in [-0.15, -0.1) is 21.5 Å². The smallest absolute Gasteiger partial charge is 0.246 e. The summed E-state index contributed by atoms with van der Waals surface area (Å²) in [6.07, 6.45) is 6.55. The fourth-order valence-electron chi connectivity index (χ4n) is 11.3. The van der Waals surface area contributed by atoms with E-state index < -0.39 is 23.6 Å². The van der Waals surface area contributed by atoms with Crippen LogP contribution in [0.25, 0.3) is 21.7 Å². The number of anilines is 3. The first-order valence-corrected chi connectivity index (χ1v) is 26.2. The van der Waals surface area contributed by atoms with Gasteiger partial charge in [-0.25, -0.2) is 15.0 Å². The summed E-state index contributed by atoms with van der Waals surface area (Å²) in [7, 11) is 0. The molecule has 4 fully saturated rings. The number of aliphatic hydroxyl groups is 1. The fraction of sp³-hybridized carbons (Fsp3) is 0.509. The van der Waals surface area contributed by atoms with Gasteiger partial charge in [-0.1, -0.05) is 57.2 Å². The van der Waals surface area contributed by atoms with Gasteiger partial charge in [-0.05, 0) is 99.3 Å². The van der Waals surface area contributed by atoms with E-state index in [0.29, 0.717) is 23.2 Å². The van der Waals surface area contributed by atoms with Gasteiger partial charge in [0.2, 0.25) is 23.7 Å². The van der Waals surface area contributed by atoms with Crippen molar-refractivity contribution in [2.45, 2.75) is 115 Å². The molecule has 4 aliphatic heterocycles. The maximum atomic E-state index is 14.3. The number of hydrogen-bond acceptors (Lipinski definition) is 15. The second kappa shape index (κ2) is 20.5. The third-order valence-electron chi connectivity index (χ3n) is 15.4. The summed E-state index contributed by atoms with van der Waals surface area (Å²) >= 11 is 1.59. The average molecular weight is 983 g/mol. The molecular weight excluding hydrogens is 917 g/mol. The molecule has 0 radical (unpaired) electrons. The number of piperazine rings is 1. The van der Waals surface area contributed by atoms with Crippen molar-refractivity contribution in [2.24, 2.45) is 11.3 Å². The summed E-state index contributed by atoms with van der Waals surface area (Å²) in [6, 6.07) is 18.2. The number of carbonyl (C=O) groups is 3. The maximum absolute atomic E-state index is 14.3. The minimum Gasteiger partial charge on any atom is -0.507 e. The zero-order valence-electron chi connectivity index (χ0n) is 41.1. The van der Waals surface area contributed by atoms with E-state index in [1.807, 2.05) is 81.9 Å². The Morgan fingerprint density at radius 2 is 1.66 bits per heavy atom. The summed E-state index contributed by atoms with van der Waals surface area (Å²) in [6.45, 7) is 13.1. The lowest BCUT2D eigenvalue weighted by Gasteiger charge is -2.45. The second-order valence-corrected chi connectivity index (χ2v) is 22.0. The van der Waals surface area contributed by atoms with Crippen molar-refractivity contribution >= 4 is 46.5 Å². The van der Waals surface area contributed by atoms with Crippen LogP contribution in [0.3, 0.4) is 0 Å². The van der Waals surface area contributed by atoms with Gasteiger partial charge in [0.25, 0.3) is 0 Å². The number of piperidine rings is 1. The first-order valence-electron chi connectivity index (χ1n) is 25.3. The van der Waals surface area contributed by atoms with Crippen LogP contribution in [0.2, 0.25) is 0 Å². The number of benzene rings is 2. The van der Waals surface area contributed by atoms with Crippen LogP contribution in [0.15, 0.2) is 72.4 Å². The minimum absolute atomic E-state index is 0.0373. The Morgan fingerprint density at radius 3 is 2.39 bits per heavy atom. The summed E-state index contributed by atoms with van der Waals surface area (Å²) in [5, 5.41) is 39.7. The highest BCUT2D eigenvalue weighted by Crippen LogP contribution is 2.38. The number of fused-ring (bicyclic) bond motifs is 3. The van der Waals surface area contributed by atoms with E-state index in [2.05, 4.69) is 51.9 Å². The van der Waals surface area contributed by atoms with Gasteiger partial charge >= 0.3 is 0 Å². The molecule has 1 aliphatic carbocycles. The summed E-state index contributed by atoms with van der Waals surface area (Å²) < 4.78 is 0. The number of para-hydroxylation sites is 1. The summed E-state index contributed by atoms with van der Waals surface area (Å²) in [4.78, 5) is 66.1. The molecule has 0 spiro atoms. The van der Waals surface area contributed by atoms with Crippen molar-refractivity contribution in [3.05, 3.63) is 89.3 Å². The molecule has 0 bridgehead atoms. The molecule has 71 heavy (non-hydrogen) atoms. The van der Waals surface area contributed by atoms with Crippen LogP contribution in [-0.4, -0.2) is 139 Å². The second-order valence-electron chi connectivity index (χ2n) is 21.1. The highest BCUT2D eigenvalue weighted by atomic mass is 32.1. The topological polar surface area (TPSA) is 205 Å². The van der Waals surface area contributed by atoms with Gasteiger partial charge in [0.15, 0.2) is 5.82 Å². The molecule has 1 saturated carbocycles. The number of aromatic nitrogens is 5. The third kappa shape index (κ3) is 10.4. The number of β-amino-alcohol motifs (C(OH)–C–C–N with tert-alkyl or cyclic N) is 1. The molecule has 0 unspecified atom stereocenters. The Balaban J connectivity index is 0.692. The first-order chi connectivity index (χ1) is 34.3. The monoisotopic (exact) mass is 982 g/mol. The molecule has 3 amide bonds. The number of aliphatic hydroxyl groups excluding tert-OH is 1. The number of aromatic hydroxyl groups is 1. The zero-order chi connectivity index (χ0) is 49.4. The lowest BCUT2D eigenvalue weighted by Crippen LogP contribution is -2.58. The van der Waals surface area contributed by atoms with Crippen LogP contribution in [0.1, 0.15) is 88.6 Å². The number of likely N-dealkylation sites (tertiary alicyclic amines) is 2. The molecule has 5 aliphatic rings. The lowest BCUT2D eigenvalue weighted by molar-refractivity contribution is -0.144. The summed E-state index contributed by atoms with van der Waals surface area (Å²) in [5.41, 5.74) is 7.55. The van der Waals surface area contributed by atoms with Gasteiger partial charge in [-0.3, -0.25) is 14.4 Å². The molecule has 3 aromatic heterocycles. The molecule has 7 heterocycles. The normalized spacial score (nSPS) is 23.3. The van der Waals surface area contributed by atoms with E-state index in [9.17, 15) is 24.6 Å². The van der Waals surface area contributed by atoms with Gasteiger partial charge in [-0.2, -0.15) is 0 Å². The number of aryl methyl sites for hydroxylation is 1. The molecule has 5 aromatic rings. The highest BCUT2D eigenvalue weighted by Gasteiger charge is 2.45. The number of thiazole rings is 1. The SMILES string of the molecule is Cc1ncsc1-c1ccc(CNC(=O)[C@@H]2C[C@@H](O)CN2C(=O)[C@@H](NC(=O)[C@H]2CC[C@H](N3CCC(c4ccnc(N5CCN6c7cc(-c8ccccc8O)nnc7NC[C@H]6C5)n4)CC3)CC2)C(C)(C)C)cc1. The van der Waals surface area contributed by atoms with Gasteiger partial charge in [0.05, 0.1) is 39.6 Å². The van der Waals surface area contributed by atoms with Gasteiger partial charge in [0.1, 0.15) is 17.8 Å². The molecule has 374 valence electrons. The van der Waals surface area contributed by atoms with E-state index >= 15 is 0 Å². The van der Waals surface area contributed by atoms with Crippen LogP contribution in [0.5, 0.6) is 5.75 Å². The van der Waals surface area contributed by atoms with Gasteiger partial charge < -0.3 is 45.8 Å². The molecule has 5 N–H and O–H groups in total. The molecule has 17 nitrogen and oxygen atoms in total. The predicted octanol–water partition coefficient (Wildman–Crippen LogP) is 5.74. The fourth-order valence-corrected chi connectivity index (χ4v) is 12.1. The van der Waals surface area contributed by atoms with Crippen LogP contribution < -0.4 is 25.8 Å². The van der Waals surface area contributed by atoms with Crippen molar-refractivity contribution < 1.29 is 24.6 Å². The van der Waals surface area contributed by atoms with Crippen molar-refractivity contribution in [3.63, 3.8) is 0 Å². The van der Waals surface area contributed by atoms with Gasteiger partial charge in [0, 0.05) is 81.0 Å². The van der Waals surface area contributed by atoms with E-state index in [1.54, 1.807) is 23.5 Å². The highest BCUT2D eigenvalue weighted by molar-refractivity contribution is 7.13. The maximum Gasteiger partial charge on any atom is 0.246 e. The minimum atomic E-state index is -0.857. The molecule has 3 saturated heterocycles. The standard InChI is InChI=1S/C53H66N12O5S/c1-32-46(71-31-57-32)35-11-9-33(10-12-35)27-56-50(69)44-25-39(66)30-65(44)51(70)47(53(2,3)4)59-49(68)36-13-15-37(16-14-36)62-21-18-34(19-22-62)41-17-20-54-52(58-41)63-23-24-64-38(29-63)28-55-48-43(64)26-42(60-61-48)40-7-5-6-8-45(40)67/h5-12,17,20,26,31,34,36-39,44,47,66-67H,13-16,18-19,21-25,27-30H2,1-4H3,(H,55,61)(H,56,69)(H,59,68)/t36-,37-,38-,39+,44-,47+/m0/s1. The Hall–Kier alpha value is -6.24. The largest absolute Gasteiger partial charge is 0.507 e. The molecule has 18 heteroatoms. The Bertz CT molecular complexity index is 2710. The molecule has 10 rings (SSSR count). The third-order valence-corrected chi connectivity index (χ3v) is 16.4. The Kier molecular flexibility index (Phi) is 14.0. The van der Waals surface area contributed by atoms with Crippen LogP contribution in [0.4, 0.5) is 17.5 Å². The van der Waals surface area contributed by atoms with Crippen molar-refractivity contribution in [2.75, 3.05) is 60.9 Å². The van der Waals surface area contributed by atoms with E-state index in [0.717, 1.165) is 123 Å². The van der Waals surface area contributed by atoms with Crippen LogP contribution in [-0.2, 0) is 20.9 Å². The molecule has 4 atom stereocenters. The Morgan fingerprint density at radius 1 is 0.887 bits per heavy atom.